The molecule has 0 saturated heterocycles. The predicted molar refractivity (Wildman–Crippen MR) is 45.5 cm³/mol. The highest BCUT2D eigenvalue weighted by molar-refractivity contribution is 6.42. The molecule has 0 aromatic heterocycles. The third-order valence-electron chi connectivity index (χ3n) is 1.24. The fourth-order valence-electron chi connectivity index (χ4n) is 0.668. The van der Waals surface area contributed by atoms with Gasteiger partial charge in [0.2, 0.25) is 0 Å². The Bertz CT molecular complexity index is 195. The third-order valence-corrected chi connectivity index (χ3v) is 2.75. The maximum absolute atomic E-state index is 5.75. The third kappa shape index (κ3) is 1.48. The zero-order chi connectivity index (χ0) is 7.78. The SMILES string of the molecule is NC1(Cl)C=CC=C(Cl)C1Cl. The van der Waals surface area contributed by atoms with Gasteiger partial charge in [0.05, 0.1) is 0 Å². The van der Waals surface area contributed by atoms with Gasteiger partial charge in [0.25, 0.3) is 0 Å². The van der Waals surface area contributed by atoms with Crippen molar-refractivity contribution in [3.8, 4) is 0 Å². The van der Waals surface area contributed by atoms with E-state index in [2.05, 4.69) is 0 Å². The first-order chi connectivity index (χ1) is 4.54. The number of hydrogen-bond acceptors (Lipinski definition) is 1. The van der Waals surface area contributed by atoms with E-state index in [9.17, 15) is 0 Å². The molecule has 1 aliphatic rings. The van der Waals surface area contributed by atoms with Crippen LogP contribution in [0.15, 0.2) is 23.3 Å². The minimum absolute atomic E-state index is 0.474. The van der Waals surface area contributed by atoms with Crippen LogP contribution in [0.5, 0.6) is 0 Å². The number of nitrogens with two attached hydrogens (primary N) is 1. The molecule has 0 aromatic carbocycles. The molecule has 0 bridgehead atoms. The van der Waals surface area contributed by atoms with Crippen molar-refractivity contribution in [3.63, 3.8) is 0 Å². The molecule has 2 unspecified atom stereocenters. The van der Waals surface area contributed by atoms with Gasteiger partial charge in [-0.05, 0) is 12.2 Å². The molecule has 0 saturated carbocycles. The van der Waals surface area contributed by atoms with Crippen molar-refractivity contribution >= 4 is 34.8 Å². The van der Waals surface area contributed by atoms with Crippen molar-refractivity contribution in [1.82, 2.24) is 0 Å². The van der Waals surface area contributed by atoms with Gasteiger partial charge >= 0.3 is 0 Å². The quantitative estimate of drug-likeness (QED) is 0.469. The summed E-state index contributed by atoms with van der Waals surface area (Å²) in [6.07, 6.45) is 4.97. The van der Waals surface area contributed by atoms with Gasteiger partial charge in [0.15, 0.2) is 0 Å². The van der Waals surface area contributed by atoms with E-state index < -0.39 is 10.4 Å². The zero-order valence-electron chi connectivity index (χ0n) is 5.02. The lowest BCUT2D eigenvalue weighted by atomic mass is 10.1. The van der Waals surface area contributed by atoms with Crippen LogP contribution >= 0.6 is 34.8 Å². The smallest absolute Gasteiger partial charge is 0.131 e. The summed E-state index contributed by atoms with van der Waals surface area (Å²) in [5.74, 6) is 0. The van der Waals surface area contributed by atoms with Crippen molar-refractivity contribution in [1.29, 1.82) is 0 Å². The van der Waals surface area contributed by atoms with Crippen molar-refractivity contribution in [3.05, 3.63) is 23.3 Å². The molecule has 4 heteroatoms. The number of halogens is 3. The Balaban J connectivity index is 2.89. The van der Waals surface area contributed by atoms with Crippen molar-refractivity contribution in [2.45, 2.75) is 10.4 Å². The highest BCUT2D eigenvalue weighted by atomic mass is 35.5. The van der Waals surface area contributed by atoms with E-state index in [1.54, 1.807) is 18.2 Å². The average Bonchev–Trinajstić information content (AvgIpc) is 1.83. The second-order valence-electron chi connectivity index (χ2n) is 2.10. The fraction of sp³-hybridized carbons (Fsp3) is 0.333. The van der Waals surface area contributed by atoms with Crippen LogP contribution in [-0.4, -0.2) is 10.4 Å². The monoisotopic (exact) mass is 197 g/mol. The molecule has 0 radical (unpaired) electrons. The van der Waals surface area contributed by atoms with Crippen molar-refractivity contribution in [2.24, 2.45) is 5.73 Å². The largest absolute Gasteiger partial charge is 0.308 e. The van der Waals surface area contributed by atoms with Crippen LogP contribution in [0.2, 0.25) is 0 Å². The van der Waals surface area contributed by atoms with Crippen LogP contribution in [0, 0.1) is 0 Å². The Morgan fingerprint density at radius 1 is 1.60 bits per heavy atom. The van der Waals surface area contributed by atoms with Crippen LogP contribution in [0.25, 0.3) is 0 Å². The van der Waals surface area contributed by atoms with Gasteiger partial charge in [0.1, 0.15) is 10.4 Å². The Morgan fingerprint density at radius 2 is 2.20 bits per heavy atom. The first-order valence-electron chi connectivity index (χ1n) is 2.71. The number of alkyl halides is 2. The molecule has 1 rings (SSSR count). The summed E-state index contributed by atoms with van der Waals surface area (Å²) < 4.78 is 0. The molecular weight excluding hydrogens is 192 g/mol. The Labute approximate surface area is 74.4 Å². The molecule has 10 heavy (non-hydrogen) atoms. The highest BCUT2D eigenvalue weighted by Gasteiger charge is 2.32. The average molecular weight is 198 g/mol. The lowest BCUT2D eigenvalue weighted by Crippen LogP contribution is -2.41. The molecule has 0 aromatic rings. The van der Waals surface area contributed by atoms with Crippen molar-refractivity contribution in [2.75, 3.05) is 0 Å². The van der Waals surface area contributed by atoms with Crippen LogP contribution in [0.1, 0.15) is 0 Å². The second-order valence-corrected chi connectivity index (χ2v) is 3.63. The summed E-state index contributed by atoms with van der Waals surface area (Å²) >= 11 is 17.2. The summed E-state index contributed by atoms with van der Waals surface area (Å²) in [7, 11) is 0. The summed E-state index contributed by atoms with van der Waals surface area (Å²) in [5, 5.41) is -0.0532. The first kappa shape index (κ1) is 8.41. The summed E-state index contributed by atoms with van der Waals surface area (Å²) in [5.41, 5.74) is 5.53. The summed E-state index contributed by atoms with van der Waals surface area (Å²) in [4.78, 5) is -1.03. The van der Waals surface area contributed by atoms with Crippen molar-refractivity contribution < 1.29 is 0 Å². The summed E-state index contributed by atoms with van der Waals surface area (Å²) in [6, 6.07) is 0. The van der Waals surface area contributed by atoms with E-state index in [-0.39, 0.29) is 0 Å². The molecular formula is C6H6Cl3N. The van der Waals surface area contributed by atoms with Crippen LogP contribution in [-0.2, 0) is 0 Å². The number of allylic oxidation sites excluding steroid dienone is 2. The fourth-order valence-corrected chi connectivity index (χ4v) is 1.31. The van der Waals surface area contributed by atoms with Crippen LogP contribution < -0.4 is 5.73 Å². The molecule has 1 nitrogen and oxygen atoms in total. The minimum atomic E-state index is -1.03. The maximum Gasteiger partial charge on any atom is 0.131 e. The minimum Gasteiger partial charge on any atom is -0.308 e. The van der Waals surface area contributed by atoms with E-state index in [1.165, 1.54) is 0 Å². The molecule has 0 heterocycles. The van der Waals surface area contributed by atoms with E-state index in [0.717, 1.165) is 0 Å². The Hall–Kier alpha value is 0.310. The van der Waals surface area contributed by atoms with Gasteiger partial charge in [-0.15, -0.1) is 11.6 Å². The molecule has 2 atom stereocenters. The van der Waals surface area contributed by atoms with E-state index in [1.807, 2.05) is 0 Å². The molecule has 56 valence electrons. The number of hydrogen-bond donors (Lipinski definition) is 1. The van der Waals surface area contributed by atoms with Crippen LogP contribution in [0.3, 0.4) is 0 Å². The lowest BCUT2D eigenvalue weighted by Gasteiger charge is -2.25. The molecule has 0 amide bonds. The van der Waals surface area contributed by atoms with E-state index in [4.69, 9.17) is 40.5 Å². The van der Waals surface area contributed by atoms with Gasteiger partial charge in [0, 0.05) is 5.03 Å². The van der Waals surface area contributed by atoms with E-state index in [0.29, 0.717) is 5.03 Å². The van der Waals surface area contributed by atoms with Gasteiger partial charge in [-0.3, -0.25) is 0 Å². The standard InChI is InChI=1S/C6H6Cl3N/c7-4-2-1-3-6(9,10)5(4)8/h1-3,5H,10H2. The lowest BCUT2D eigenvalue weighted by molar-refractivity contribution is 0.742. The topological polar surface area (TPSA) is 26.0 Å². The second kappa shape index (κ2) is 2.74. The zero-order valence-corrected chi connectivity index (χ0v) is 7.29. The molecule has 0 spiro atoms. The molecule has 2 N–H and O–H groups in total. The van der Waals surface area contributed by atoms with E-state index >= 15 is 0 Å². The van der Waals surface area contributed by atoms with Gasteiger partial charge in [-0.1, -0.05) is 29.3 Å². The normalized spacial score (nSPS) is 39.6. The molecule has 0 aliphatic heterocycles. The first-order valence-corrected chi connectivity index (χ1v) is 3.90. The maximum atomic E-state index is 5.75. The molecule has 1 aliphatic carbocycles. The predicted octanol–water partition coefficient (Wildman–Crippen LogP) is 2.18. The van der Waals surface area contributed by atoms with Crippen LogP contribution in [0.4, 0.5) is 0 Å². The number of rotatable bonds is 0. The Kier molecular flexibility index (Phi) is 2.31. The van der Waals surface area contributed by atoms with Gasteiger partial charge < -0.3 is 5.73 Å². The van der Waals surface area contributed by atoms with Gasteiger partial charge in [-0.2, -0.15) is 0 Å². The highest BCUT2D eigenvalue weighted by Crippen LogP contribution is 2.31. The molecule has 0 fully saturated rings. The summed E-state index contributed by atoms with van der Waals surface area (Å²) in [6.45, 7) is 0. The van der Waals surface area contributed by atoms with Gasteiger partial charge in [-0.25, -0.2) is 0 Å². The Morgan fingerprint density at radius 3 is 2.60 bits per heavy atom.